The summed E-state index contributed by atoms with van der Waals surface area (Å²) < 4.78 is 19.0. The van der Waals surface area contributed by atoms with E-state index in [1.165, 1.54) is 11.8 Å². The number of hydrogen-bond donors (Lipinski definition) is 2. The van der Waals surface area contributed by atoms with Gasteiger partial charge in [-0.05, 0) is 86.3 Å². The highest BCUT2D eigenvalue weighted by molar-refractivity contribution is 9.10. The van der Waals surface area contributed by atoms with Gasteiger partial charge in [-0.25, -0.2) is 19.7 Å². The standard InChI is InChI=1S/C26H32BrN7O5S/c1-14(30-25(36)39-26(2,3)4)23(35)33-7-5-15(6-8-33)11-34-12-29-21(28)20-22(34)32-24(31-20)40-19-10-18-17(9-16(19)27)37-13-38-18/h9-10,12,14-15H,5-8,11,13,28H2,1-4H3,(H,30,36)/t14-/m1/s1. The number of imidazole rings is 1. The van der Waals surface area contributed by atoms with Crippen molar-refractivity contribution in [1.29, 1.82) is 0 Å². The van der Waals surface area contributed by atoms with E-state index in [4.69, 9.17) is 24.9 Å². The van der Waals surface area contributed by atoms with Crippen LogP contribution >= 0.6 is 27.7 Å². The number of benzene rings is 1. The molecule has 0 radical (unpaired) electrons. The average Bonchev–Trinajstić information content (AvgIpc) is 3.52. The second kappa shape index (κ2) is 11.3. The lowest BCUT2D eigenvalue weighted by Crippen LogP contribution is -2.50. The number of amides is 2. The van der Waals surface area contributed by atoms with E-state index in [9.17, 15) is 9.59 Å². The Morgan fingerprint density at radius 2 is 1.93 bits per heavy atom. The molecule has 1 fully saturated rings. The molecule has 1 saturated heterocycles. The van der Waals surface area contributed by atoms with Crippen molar-refractivity contribution in [2.75, 3.05) is 25.6 Å². The molecule has 3 N–H and O–H groups in total. The largest absolute Gasteiger partial charge is 0.454 e. The van der Waals surface area contributed by atoms with Gasteiger partial charge in [0.1, 0.15) is 11.6 Å². The van der Waals surface area contributed by atoms with Gasteiger partial charge in [0, 0.05) is 29.0 Å². The molecular formula is C26H32BrN7O5S. The molecule has 1 atom stereocenters. The first kappa shape index (κ1) is 28.3. The molecule has 4 heterocycles. The quantitative estimate of drug-likeness (QED) is 0.405. The number of nitrogens with one attached hydrogen (secondary N) is 1. The molecule has 4 aliphatic heterocycles. The van der Waals surface area contributed by atoms with Gasteiger partial charge in [-0.2, -0.15) is 0 Å². The number of nitrogens with two attached hydrogens (primary N) is 1. The Hall–Kier alpha value is -3.26. The zero-order valence-corrected chi connectivity index (χ0v) is 25.2. The van der Waals surface area contributed by atoms with Crippen LogP contribution in [0.25, 0.3) is 11.5 Å². The molecule has 1 aromatic rings. The van der Waals surface area contributed by atoms with E-state index in [0.29, 0.717) is 59.5 Å². The van der Waals surface area contributed by atoms with Crippen LogP contribution < -0.4 is 20.5 Å². The second-order valence-electron chi connectivity index (χ2n) is 10.8. The van der Waals surface area contributed by atoms with Crippen molar-refractivity contribution < 1.29 is 23.8 Å². The fraction of sp³-hybridized carbons (Fsp3) is 0.500. The summed E-state index contributed by atoms with van der Waals surface area (Å²) in [5.41, 5.74) is 6.08. The van der Waals surface area contributed by atoms with Crippen molar-refractivity contribution in [3.05, 3.63) is 22.9 Å². The van der Waals surface area contributed by atoms with E-state index >= 15 is 0 Å². The highest BCUT2D eigenvalue weighted by Crippen LogP contribution is 2.43. The molecule has 0 unspecified atom stereocenters. The molecule has 214 valence electrons. The summed E-state index contributed by atoms with van der Waals surface area (Å²) in [4.78, 5) is 41.4. The van der Waals surface area contributed by atoms with E-state index in [1.807, 2.05) is 16.7 Å². The number of nitrogens with zero attached hydrogens (tertiary/aromatic N) is 5. The second-order valence-corrected chi connectivity index (χ2v) is 12.7. The predicted molar refractivity (Wildman–Crippen MR) is 151 cm³/mol. The summed E-state index contributed by atoms with van der Waals surface area (Å²) in [6.45, 7) is 9.10. The fourth-order valence-electron chi connectivity index (χ4n) is 4.62. The van der Waals surface area contributed by atoms with Gasteiger partial charge in [-0.1, -0.05) is 0 Å². The highest BCUT2D eigenvalue weighted by Gasteiger charge is 2.29. The molecular weight excluding hydrogens is 602 g/mol. The van der Waals surface area contributed by atoms with Crippen LogP contribution in [0.4, 0.5) is 10.6 Å². The number of nitrogen functional groups attached to an aromatic ring is 1. The molecule has 5 rings (SSSR count). The molecule has 14 heteroatoms. The molecule has 0 aliphatic carbocycles. The predicted octanol–water partition coefficient (Wildman–Crippen LogP) is 4.15. The molecule has 1 aromatic carbocycles. The van der Waals surface area contributed by atoms with Gasteiger partial charge in [-0.15, -0.1) is 0 Å². The zero-order chi connectivity index (χ0) is 28.6. The highest BCUT2D eigenvalue weighted by atomic mass is 79.9. The third-order valence-corrected chi connectivity index (χ3v) is 8.43. The van der Waals surface area contributed by atoms with Crippen LogP contribution in [-0.4, -0.2) is 67.9 Å². The Balaban J connectivity index is 1.21. The molecule has 4 aliphatic rings. The normalized spacial score (nSPS) is 16.3. The maximum absolute atomic E-state index is 12.9. The fourth-order valence-corrected chi connectivity index (χ4v) is 5.98. The number of anilines is 1. The van der Waals surface area contributed by atoms with E-state index < -0.39 is 17.7 Å². The van der Waals surface area contributed by atoms with Crippen molar-refractivity contribution in [1.82, 2.24) is 29.7 Å². The molecule has 0 spiro atoms. The number of likely N-dealkylation sites (tertiary alicyclic amines) is 1. The number of hydrogen-bond acceptors (Lipinski definition) is 10. The number of alkyl carbamates (subject to hydrolysis) is 1. The summed E-state index contributed by atoms with van der Waals surface area (Å²) >= 11 is 4.98. The van der Waals surface area contributed by atoms with E-state index in [0.717, 1.165) is 22.2 Å². The Morgan fingerprint density at radius 1 is 1.23 bits per heavy atom. The first-order valence-corrected chi connectivity index (χ1v) is 14.6. The van der Waals surface area contributed by atoms with Crippen LogP contribution in [0.15, 0.2) is 33.0 Å². The Labute approximate surface area is 244 Å². The topological polar surface area (TPSA) is 147 Å². The first-order chi connectivity index (χ1) is 19.0. The summed E-state index contributed by atoms with van der Waals surface area (Å²) in [5.74, 6) is 2.55. The van der Waals surface area contributed by atoms with Crippen LogP contribution in [0.3, 0.4) is 0 Å². The molecule has 2 amide bonds. The van der Waals surface area contributed by atoms with Gasteiger partial charge < -0.3 is 34.7 Å². The number of aromatic nitrogens is 4. The van der Waals surface area contributed by atoms with Gasteiger partial charge in [0.25, 0.3) is 0 Å². The Kier molecular flexibility index (Phi) is 8.00. The minimum absolute atomic E-state index is 0.119. The van der Waals surface area contributed by atoms with Crippen molar-refractivity contribution in [2.45, 2.75) is 68.8 Å². The molecule has 0 saturated carbocycles. The number of ether oxygens (including phenoxy) is 3. The number of carbonyl (C=O) groups is 2. The van der Waals surface area contributed by atoms with Gasteiger partial charge in [-0.3, -0.25) is 4.79 Å². The van der Waals surface area contributed by atoms with Crippen LogP contribution in [0.5, 0.6) is 11.5 Å². The third kappa shape index (κ3) is 6.38. The van der Waals surface area contributed by atoms with Crippen LogP contribution in [-0.2, 0) is 16.1 Å². The first-order valence-electron chi connectivity index (χ1n) is 13.0. The van der Waals surface area contributed by atoms with Crippen molar-refractivity contribution in [3.8, 4) is 23.0 Å². The van der Waals surface area contributed by atoms with E-state index in [-0.39, 0.29) is 12.7 Å². The van der Waals surface area contributed by atoms with Gasteiger partial charge in [0.2, 0.25) is 12.7 Å². The summed E-state index contributed by atoms with van der Waals surface area (Å²) in [5, 5.41) is 3.19. The van der Waals surface area contributed by atoms with Crippen molar-refractivity contribution >= 4 is 45.5 Å². The maximum atomic E-state index is 12.9. The number of fused-ring (bicyclic) bond motifs is 2. The number of halogens is 1. The molecule has 40 heavy (non-hydrogen) atoms. The Morgan fingerprint density at radius 3 is 2.62 bits per heavy atom. The van der Waals surface area contributed by atoms with Gasteiger partial charge in [0.15, 0.2) is 34.0 Å². The van der Waals surface area contributed by atoms with Gasteiger partial charge >= 0.3 is 6.09 Å². The third-order valence-electron chi connectivity index (χ3n) is 6.58. The number of rotatable bonds is 6. The minimum atomic E-state index is -0.665. The maximum Gasteiger partial charge on any atom is 0.408 e. The van der Waals surface area contributed by atoms with Crippen LogP contribution in [0, 0.1) is 5.92 Å². The number of carbonyl (C=O) groups excluding carboxylic acids is 2. The minimum Gasteiger partial charge on any atom is -0.454 e. The average molecular weight is 635 g/mol. The van der Waals surface area contributed by atoms with E-state index in [1.54, 1.807) is 38.9 Å². The monoisotopic (exact) mass is 633 g/mol. The van der Waals surface area contributed by atoms with Crippen LogP contribution in [0.1, 0.15) is 40.5 Å². The zero-order valence-electron chi connectivity index (χ0n) is 22.8. The Bertz CT molecular complexity index is 1390. The van der Waals surface area contributed by atoms with Crippen LogP contribution in [0.2, 0.25) is 0 Å². The van der Waals surface area contributed by atoms with Crippen molar-refractivity contribution in [2.24, 2.45) is 5.92 Å². The lowest BCUT2D eigenvalue weighted by Gasteiger charge is -2.34. The molecule has 0 bridgehead atoms. The molecule has 0 aromatic heterocycles. The summed E-state index contributed by atoms with van der Waals surface area (Å²) in [6, 6.07) is 3.10. The SMILES string of the molecule is C[C@@H](NC(=O)OC(C)(C)C)C(=O)N1CCC(Cn2cnc(N)c3nc(Sc4cc5c(cc4Br)OCO5)nc2-3)CC1. The van der Waals surface area contributed by atoms with E-state index in [2.05, 4.69) is 31.2 Å². The van der Waals surface area contributed by atoms with Gasteiger partial charge in [0.05, 0.1) is 6.33 Å². The lowest BCUT2D eigenvalue weighted by molar-refractivity contribution is -0.134. The number of piperidine rings is 1. The summed E-state index contributed by atoms with van der Waals surface area (Å²) in [7, 11) is 0. The molecule has 12 nitrogen and oxygen atoms in total. The smallest absolute Gasteiger partial charge is 0.408 e. The summed E-state index contributed by atoms with van der Waals surface area (Å²) in [6.07, 6.45) is 2.72. The lowest BCUT2D eigenvalue weighted by atomic mass is 9.96. The van der Waals surface area contributed by atoms with Crippen molar-refractivity contribution in [3.63, 3.8) is 0 Å².